The Hall–Kier alpha value is -2.69. The SMILES string of the molecule is C[C@H]1C(N2CCC3(CC2)Cc2c(F)ccc(F)c2C3N)=NC(=N)C(Sc2ccnc(N)c2Cl)=C1O. The van der Waals surface area contributed by atoms with E-state index in [1.54, 1.807) is 6.07 Å². The van der Waals surface area contributed by atoms with Gasteiger partial charge in [-0.15, -0.1) is 0 Å². The first-order chi connectivity index (χ1) is 16.6. The second-order valence-electron chi connectivity index (χ2n) is 9.29. The van der Waals surface area contributed by atoms with Crippen molar-refractivity contribution in [3.8, 4) is 0 Å². The van der Waals surface area contributed by atoms with Crippen molar-refractivity contribution in [2.24, 2.45) is 22.1 Å². The number of likely N-dealkylation sites (tertiary alicyclic amines) is 1. The molecule has 5 rings (SSSR count). The van der Waals surface area contributed by atoms with E-state index in [1.165, 1.54) is 6.20 Å². The zero-order valence-electron chi connectivity index (χ0n) is 19.0. The van der Waals surface area contributed by atoms with Crippen molar-refractivity contribution in [3.63, 3.8) is 0 Å². The number of benzene rings is 1. The first-order valence-electron chi connectivity index (χ1n) is 11.3. The van der Waals surface area contributed by atoms with Crippen LogP contribution in [0.1, 0.15) is 36.9 Å². The van der Waals surface area contributed by atoms with Crippen LogP contribution in [-0.2, 0) is 6.42 Å². The summed E-state index contributed by atoms with van der Waals surface area (Å²) in [5.74, 6) is -0.580. The molecule has 2 atom stereocenters. The Morgan fingerprint density at radius 1 is 1.23 bits per heavy atom. The summed E-state index contributed by atoms with van der Waals surface area (Å²) >= 11 is 7.36. The van der Waals surface area contributed by atoms with E-state index in [2.05, 4.69) is 9.98 Å². The van der Waals surface area contributed by atoms with Gasteiger partial charge in [-0.05, 0) is 55.4 Å². The van der Waals surface area contributed by atoms with E-state index in [-0.39, 0.29) is 22.4 Å². The summed E-state index contributed by atoms with van der Waals surface area (Å²) in [6, 6.07) is 3.40. The average molecular weight is 519 g/mol. The Labute approximate surface area is 210 Å². The van der Waals surface area contributed by atoms with E-state index in [4.69, 9.17) is 28.5 Å². The van der Waals surface area contributed by atoms with Crippen LogP contribution in [0.4, 0.5) is 14.6 Å². The van der Waals surface area contributed by atoms with Crippen LogP contribution in [0.25, 0.3) is 0 Å². The first kappa shape index (κ1) is 24.0. The number of halogens is 3. The van der Waals surface area contributed by atoms with Crippen LogP contribution in [0.5, 0.6) is 0 Å². The third-order valence-electron chi connectivity index (χ3n) is 7.39. The van der Waals surface area contributed by atoms with Gasteiger partial charge in [0.05, 0.1) is 15.8 Å². The molecule has 1 unspecified atom stereocenters. The number of aliphatic hydroxyl groups is 1. The predicted octanol–water partition coefficient (Wildman–Crippen LogP) is 4.82. The number of aliphatic imine (C=N–C) groups is 1. The molecule has 7 nitrogen and oxygen atoms in total. The van der Waals surface area contributed by atoms with Crippen molar-refractivity contribution in [2.75, 3.05) is 18.8 Å². The normalized spacial score (nSPS) is 23.6. The van der Waals surface area contributed by atoms with Gasteiger partial charge in [0.25, 0.3) is 0 Å². The van der Waals surface area contributed by atoms with Crippen LogP contribution in [0, 0.1) is 28.4 Å². The summed E-state index contributed by atoms with van der Waals surface area (Å²) in [5.41, 5.74) is 12.5. The van der Waals surface area contributed by atoms with Gasteiger partial charge >= 0.3 is 0 Å². The number of anilines is 1. The number of piperidine rings is 1. The van der Waals surface area contributed by atoms with Gasteiger partial charge in [0.1, 0.15) is 29.0 Å². The monoisotopic (exact) mass is 518 g/mol. The fraction of sp³-hybridized carbons (Fsp3) is 0.375. The molecule has 1 aromatic carbocycles. The lowest BCUT2D eigenvalue weighted by molar-refractivity contribution is 0.123. The van der Waals surface area contributed by atoms with Gasteiger partial charge in [0, 0.05) is 35.8 Å². The van der Waals surface area contributed by atoms with Crippen LogP contribution < -0.4 is 11.5 Å². The van der Waals surface area contributed by atoms with Crippen molar-refractivity contribution >= 4 is 40.9 Å². The van der Waals surface area contributed by atoms with Gasteiger partial charge in [0.15, 0.2) is 5.84 Å². The zero-order valence-corrected chi connectivity index (χ0v) is 20.6. The number of aromatic nitrogens is 1. The Balaban J connectivity index is 1.33. The molecule has 0 radical (unpaired) electrons. The molecule has 6 N–H and O–H groups in total. The lowest BCUT2D eigenvalue weighted by Crippen LogP contribution is -2.49. The van der Waals surface area contributed by atoms with E-state index in [0.29, 0.717) is 59.1 Å². The Bertz CT molecular complexity index is 1290. The van der Waals surface area contributed by atoms with Crippen LogP contribution in [0.15, 0.2) is 44.9 Å². The molecular weight excluding hydrogens is 494 g/mol. The molecule has 35 heavy (non-hydrogen) atoms. The Morgan fingerprint density at radius 2 is 1.91 bits per heavy atom. The third kappa shape index (κ3) is 3.88. The lowest BCUT2D eigenvalue weighted by atomic mass is 9.73. The summed E-state index contributed by atoms with van der Waals surface area (Å²) in [5, 5.41) is 19.7. The summed E-state index contributed by atoms with van der Waals surface area (Å²) in [6.07, 6.45) is 3.16. The molecule has 2 aromatic rings. The van der Waals surface area contributed by atoms with Crippen LogP contribution in [-0.4, -0.2) is 39.8 Å². The molecule has 0 saturated carbocycles. The van der Waals surface area contributed by atoms with Crippen LogP contribution >= 0.6 is 23.4 Å². The molecule has 0 amide bonds. The molecular formula is C24H25ClF2N6OS. The second-order valence-corrected chi connectivity index (χ2v) is 10.7. The van der Waals surface area contributed by atoms with E-state index in [1.807, 2.05) is 11.8 Å². The van der Waals surface area contributed by atoms with Crippen LogP contribution in [0.2, 0.25) is 5.02 Å². The predicted molar refractivity (Wildman–Crippen MR) is 134 cm³/mol. The average Bonchev–Trinajstić information content (AvgIpc) is 3.12. The summed E-state index contributed by atoms with van der Waals surface area (Å²) < 4.78 is 28.8. The number of nitrogens with two attached hydrogens (primary N) is 2. The van der Waals surface area contributed by atoms with Gasteiger partial charge in [0.2, 0.25) is 0 Å². The lowest BCUT2D eigenvalue weighted by Gasteiger charge is -2.44. The number of rotatable bonds is 2. The Morgan fingerprint density at radius 3 is 2.60 bits per heavy atom. The van der Waals surface area contributed by atoms with Gasteiger partial charge in [-0.2, -0.15) is 0 Å². The minimum Gasteiger partial charge on any atom is -0.510 e. The standard InChI is InChI=1S/C24H25ClF2N6OS/c1-11-18(34)19(35-15-4-7-31-21(29)17(15)25)22(30)32-23(11)33-8-5-24(6-9-33)10-12-13(26)2-3-14(27)16(12)20(24)28/h2-4,7,11,20,30,34H,5-6,8-10,28H2,1H3,(H2,29,31)/t11-,20?/m1/s1. The maximum absolute atomic E-state index is 14.5. The first-order valence-corrected chi connectivity index (χ1v) is 12.5. The van der Waals surface area contributed by atoms with Crippen molar-refractivity contribution < 1.29 is 13.9 Å². The molecule has 1 spiro atoms. The highest BCUT2D eigenvalue weighted by Crippen LogP contribution is 2.52. The quantitative estimate of drug-likeness (QED) is 0.451. The Kier molecular flexibility index (Phi) is 6.01. The minimum absolute atomic E-state index is 0.0332. The van der Waals surface area contributed by atoms with Gasteiger partial charge in [-0.25, -0.2) is 18.8 Å². The molecule has 1 fully saturated rings. The van der Waals surface area contributed by atoms with Gasteiger partial charge < -0.3 is 21.5 Å². The topological polar surface area (TPSA) is 125 Å². The summed E-state index contributed by atoms with van der Waals surface area (Å²) in [4.78, 5) is 11.4. The molecule has 2 aliphatic heterocycles. The fourth-order valence-corrected chi connectivity index (χ4v) is 6.53. The van der Waals surface area contributed by atoms with E-state index < -0.39 is 29.0 Å². The largest absolute Gasteiger partial charge is 0.510 e. The fourth-order valence-electron chi connectivity index (χ4n) is 5.34. The molecule has 3 heterocycles. The smallest absolute Gasteiger partial charge is 0.164 e. The van der Waals surface area contributed by atoms with E-state index >= 15 is 0 Å². The maximum atomic E-state index is 14.5. The number of fused-ring (bicyclic) bond motifs is 1. The molecule has 1 saturated heterocycles. The van der Waals surface area contributed by atoms with Gasteiger partial charge in [-0.3, -0.25) is 5.41 Å². The zero-order chi connectivity index (χ0) is 25.1. The molecule has 11 heteroatoms. The van der Waals surface area contributed by atoms with Crippen LogP contribution in [0.3, 0.4) is 0 Å². The molecule has 3 aliphatic rings. The highest BCUT2D eigenvalue weighted by molar-refractivity contribution is 8.04. The van der Waals surface area contributed by atoms with Crippen molar-refractivity contribution in [2.45, 2.75) is 37.1 Å². The highest BCUT2D eigenvalue weighted by Gasteiger charge is 2.49. The number of thioether (sulfide) groups is 1. The van der Waals surface area contributed by atoms with E-state index in [0.717, 1.165) is 23.9 Å². The van der Waals surface area contributed by atoms with Gasteiger partial charge in [-0.1, -0.05) is 23.4 Å². The van der Waals surface area contributed by atoms with E-state index in [9.17, 15) is 13.9 Å². The number of hydrogen-bond acceptors (Lipinski definition) is 7. The minimum atomic E-state index is -0.576. The number of aliphatic hydroxyl groups excluding tert-OH is 1. The molecule has 1 aromatic heterocycles. The number of nitrogen functional groups attached to an aromatic ring is 1. The number of hydrogen-bond donors (Lipinski definition) is 4. The van der Waals surface area contributed by atoms with Crippen molar-refractivity contribution in [3.05, 3.63) is 62.8 Å². The van der Waals surface area contributed by atoms with Crippen molar-refractivity contribution in [1.29, 1.82) is 5.41 Å². The number of amidine groups is 2. The number of nitrogens with zero attached hydrogens (tertiary/aromatic N) is 3. The maximum Gasteiger partial charge on any atom is 0.164 e. The highest BCUT2D eigenvalue weighted by atomic mass is 35.5. The molecule has 1 aliphatic carbocycles. The third-order valence-corrected chi connectivity index (χ3v) is 9.07. The number of pyridine rings is 1. The number of dihydropyridines is 1. The molecule has 0 bridgehead atoms. The summed E-state index contributed by atoms with van der Waals surface area (Å²) in [7, 11) is 0. The summed E-state index contributed by atoms with van der Waals surface area (Å²) in [6.45, 7) is 2.95. The number of nitrogens with one attached hydrogen (secondary N) is 1. The van der Waals surface area contributed by atoms with Crippen molar-refractivity contribution in [1.82, 2.24) is 9.88 Å². The molecule has 184 valence electrons. The second kappa shape index (κ2) is 8.76.